The topological polar surface area (TPSA) is 132 Å². The monoisotopic (exact) mass is 528 g/mol. The van der Waals surface area contributed by atoms with E-state index < -0.39 is 35.3 Å². The van der Waals surface area contributed by atoms with Crippen LogP contribution in [0.25, 0.3) is 0 Å². The van der Waals surface area contributed by atoms with Crippen molar-refractivity contribution in [2.24, 2.45) is 5.41 Å². The third kappa shape index (κ3) is 14.2. The zero-order chi connectivity index (χ0) is 28.0. The van der Waals surface area contributed by atoms with Gasteiger partial charge in [-0.15, -0.1) is 0 Å². The molecule has 1 unspecified atom stereocenters. The predicted molar refractivity (Wildman–Crippen MR) is 148 cm³/mol. The molecule has 0 aliphatic carbocycles. The van der Waals surface area contributed by atoms with Crippen LogP contribution in [-0.2, 0) is 14.4 Å². The molecule has 0 rings (SSSR count). The molecule has 4 N–H and O–H groups in total. The second-order valence-electron chi connectivity index (χ2n) is 11.0. The van der Waals surface area contributed by atoms with Crippen LogP contribution in [0.2, 0.25) is 0 Å². The molecule has 0 aromatic rings. The summed E-state index contributed by atoms with van der Waals surface area (Å²) in [5, 5.41) is 40.4. The summed E-state index contributed by atoms with van der Waals surface area (Å²) >= 11 is 0. The van der Waals surface area contributed by atoms with Crippen LogP contribution in [0.15, 0.2) is 0 Å². The van der Waals surface area contributed by atoms with E-state index in [-0.39, 0.29) is 12.8 Å². The maximum atomic E-state index is 12.5. The van der Waals surface area contributed by atoms with E-state index in [9.17, 15) is 34.8 Å². The van der Waals surface area contributed by atoms with Gasteiger partial charge in [0, 0.05) is 0 Å². The smallest absolute Gasteiger partial charge is 0.337 e. The van der Waals surface area contributed by atoms with E-state index in [1.165, 1.54) is 64.2 Å². The Labute approximate surface area is 225 Å². The van der Waals surface area contributed by atoms with E-state index >= 15 is 0 Å². The number of aliphatic hydroxyl groups is 1. The van der Waals surface area contributed by atoms with Gasteiger partial charge >= 0.3 is 17.9 Å². The minimum atomic E-state index is -2.84. The molecule has 0 saturated carbocycles. The van der Waals surface area contributed by atoms with E-state index in [1.807, 2.05) is 0 Å². The lowest BCUT2D eigenvalue weighted by Crippen LogP contribution is -2.59. The number of hydrogen-bond donors (Lipinski definition) is 4. The van der Waals surface area contributed by atoms with Crippen molar-refractivity contribution >= 4 is 17.9 Å². The Morgan fingerprint density at radius 1 is 0.486 bits per heavy atom. The van der Waals surface area contributed by atoms with Crippen LogP contribution in [0.3, 0.4) is 0 Å². The van der Waals surface area contributed by atoms with E-state index in [0.717, 1.165) is 51.4 Å². The normalized spacial score (nSPS) is 13.4. The molecule has 0 aromatic heterocycles. The molecule has 0 aliphatic heterocycles. The summed E-state index contributed by atoms with van der Waals surface area (Å²) in [6.45, 7) is 4.38. The quantitative estimate of drug-likeness (QED) is 0.0794. The van der Waals surface area contributed by atoms with Gasteiger partial charge in [-0.1, -0.05) is 142 Å². The lowest BCUT2D eigenvalue weighted by molar-refractivity contribution is -0.196. The first-order valence-electron chi connectivity index (χ1n) is 15.1. The molecule has 7 nitrogen and oxygen atoms in total. The number of carbonyl (C=O) groups is 3. The van der Waals surface area contributed by atoms with Crippen LogP contribution in [0.5, 0.6) is 0 Å². The molecule has 37 heavy (non-hydrogen) atoms. The Morgan fingerprint density at radius 3 is 1.03 bits per heavy atom. The first kappa shape index (κ1) is 35.4. The summed E-state index contributed by atoms with van der Waals surface area (Å²) in [6, 6.07) is 0. The fraction of sp³-hybridized carbons (Fsp3) is 0.900. The molecule has 0 saturated heterocycles. The highest BCUT2D eigenvalue weighted by atomic mass is 16.4. The van der Waals surface area contributed by atoms with Gasteiger partial charge in [0.15, 0.2) is 5.60 Å². The Morgan fingerprint density at radius 2 is 0.784 bits per heavy atom. The van der Waals surface area contributed by atoms with Crippen LogP contribution >= 0.6 is 0 Å². The molecular formula is C30H56O7. The highest BCUT2D eigenvalue weighted by molar-refractivity contribution is 5.92. The van der Waals surface area contributed by atoms with Crippen LogP contribution in [0.4, 0.5) is 0 Å². The SMILES string of the molecule is CCCCCCCCCCCCC(CCCCCCCCCCCC)(C(=O)O)C(O)(CC(=O)O)C(=O)O. The van der Waals surface area contributed by atoms with Crippen molar-refractivity contribution in [1.82, 2.24) is 0 Å². The number of aliphatic carboxylic acids is 3. The highest BCUT2D eigenvalue weighted by Crippen LogP contribution is 2.45. The zero-order valence-corrected chi connectivity index (χ0v) is 23.8. The van der Waals surface area contributed by atoms with Gasteiger partial charge in [0.2, 0.25) is 0 Å². The van der Waals surface area contributed by atoms with E-state index in [1.54, 1.807) is 0 Å². The molecule has 0 aliphatic rings. The fourth-order valence-electron chi connectivity index (χ4n) is 5.43. The second kappa shape index (κ2) is 21.3. The van der Waals surface area contributed by atoms with Gasteiger partial charge < -0.3 is 20.4 Å². The largest absolute Gasteiger partial charge is 0.481 e. The highest BCUT2D eigenvalue weighted by Gasteiger charge is 2.61. The average Bonchev–Trinajstić information content (AvgIpc) is 2.84. The van der Waals surface area contributed by atoms with E-state index in [2.05, 4.69) is 13.8 Å². The Hall–Kier alpha value is -1.63. The number of rotatable bonds is 27. The fourth-order valence-corrected chi connectivity index (χ4v) is 5.43. The molecule has 0 aromatic carbocycles. The molecule has 0 bridgehead atoms. The third-order valence-corrected chi connectivity index (χ3v) is 7.88. The first-order valence-corrected chi connectivity index (χ1v) is 15.1. The number of carboxylic acid groups (broad SMARTS) is 3. The van der Waals surface area contributed by atoms with Gasteiger partial charge in [-0.05, 0) is 12.8 Å². The molecule has 0 spiro atoms. The minimum Gasteiger partial charge on any atom is -0.481 e. The summed E-state index contributed by atoms with van der Waals surface area (Å²) < 4.78 is 0. The summed E-state index contributed by atoms with van der Waals surface area (Å²) in [5.74, 6) is -4.69. The molecule has 0 fully saturated rings. The first-order chi connectivity index (χ1) is 17.7. The Balaban J connectivity index is 4.95. The van der Waals surface area contributed by atoms with E-state index in [4.69, 9.17) is 0 Å². The number of hydrogen-bond acceptors (Lipinski definition) is 4. The van der Waals surface area contributed by atoms with Crippen LogP contribution in [0.1, 0.15) is 162 Å². The van der Waals surface area contributed by atoms with Crippen LogP contribution < -0.4 is 0 Å². The molecule has 0 amide bonds. The van der Waals surface area contributed by atoms with Gasteiger partial charge in [-0.2, -0.15) is 0 Å². The second-order valence-corrected chi connectivity index (χ2v) is 11.0. The van der Waals surface area contributed by atoms with Gasteiger partial charge in [0.25, 0.3) is 0 Å². The third-order valence-electron chi connectivity index (χ3n) is 7.88. The minimum absolute atomic E-state index is 0.0354. The van der Waals surface area contributed by atoms with Crippen molar-refractivity contribution < 1.29 is 34.8 Å². The predicted octanol–water partition coefficient (Wildman–Crippen LogP) is 7.97. The number of unbranched alkanes of at least 4 members (excludes halogenated alkanes) is 18. The molecular weight excluding hydrogens is 472 g/mol. The maximum Gasteiger partial charge on any atom is 0.337 e. The van der Waals surface area contributed by atoms with Crippen molar-refractivity contribution in [3.8, 4) is 0 Å². The summed E-state index contributed by atoms with van der Waals surface area (Å²) in [6.07, 6.45) is 19.7. The Bertz CT molecular complexity index is 595. The van der Waals surface area contributed by atoms with Crippen molar-refractivity contribution in [3.05, 3.63) is 0 Å². The van der Waals surface area contributed by atoms with Crippen LogP contribution in [-0.4, -0.2) is 43.9 Å². The molecule has 0 radical (unpaired) electrons. The lowest BCUT2D eigenvalue weighted by Gasteiger charge is -2.41. The van der Waals surface area contributed by atoms with Gasteiger partial charge in [0.1, 0.15) is 5.41 Å². The lowest BCUT2D eigenvalue weighted by atomic mass is 9.64. The molecule has 7 heteroatoms. The van der Waals surface area contributed by atoms with Crippen LogP contribution in [0, 0.1) is 5.41 Å². The Kier molecular flexibility index (Phi) is 20.4. The summed E-state index contributed by atoms with van der Waals surface area (Å²) in [4.78, 5) is 36.1. The van der Waals surface area contributed by atoms with Gasteiger partial charge in [-0.25, -0.2) is 4.79 Å². The zero-order valence-electron chi connectivity index (χ0n) is 23.8. The van der Waals surface area contributed by atoms with Crippen molar-refractivity contribution in [2.75, 3.05) is 0 Å². The van der Waals surface area contributed by atoms with Crippen molar-refractivity contribution in [2.45, 2.75) is 167 Å². The van der Waals surface area contributed by atoms with Gasteiger partial charge in [-0.3, -0.25) is 9.59 Å². The summed E-state index contributed by atoms with van der Waals surface area (Å²) in [7, 11) is 0. The summed E-state index contributed by atoms with van der Waals surface area (Å²) in [5.41, 5.74) is -4.86. The standard InChI is InChI=1S/C30H56O7/c1-3-5-7-9-11-13-15-17-19-21-23-29(27(33)34,30(37,28(35)36)25-26(31)32)24-22-20-18-16-14-12-10-8-6-4-2/h37H,3-25H2,1-2H3,(H,31,32)(H,33,34)(H,35,36). The molecule has 218 valence electrons. The molecule has 0 heterocycles. The van der Waals surface area contributed by atoms with E-state index in [0.29, 0.717) is 12.8 Å². The average molecular weight is 529 g/mol. The maximum absolute atomic E-state index is 12.5. The van der Waals surface area contributed by atoms with Gasteiger partial charge in [0.05, 0.1) is 6.42 Å². The molecule has 1 atom stereocenters. The van der Waals surface area contributed by atoms with Crippen molar-refractivity contribution in [1.29, 1.82) is 0 Å². The number of carboxylic acids is 3. The van der Waals surface area contributed by atoms with Crippen molar-refractivity contribution in [3.63, 3.8) is 0 Å².